The average molecular weight is 365 g/mol. The number of rotatable bonds is 9. The molecule has 0 spiro atoms. The minimum atomic E-state index is -0.474. The molecular formula is C17H19NO6S. The Balaban J connectivity index is 1.69. The number of ether oxygens (including phenoxy) is 4. The average Bonchev–Trinajstić information content (AvgIpc) is 3.10. The Hall–Kier alpha value is -2.61. The smallest absolute Gasteiger partial charge is 0.367 e. The molecule has 2 rings (SSSR count). The van der Waals surface area contributed by atoms with Gasteiger partial charge >= 0.3 is 11.9 Å². The largest absolute Gasteiger partial charge is 0.497 e. The van der Waals surface area contributed by atoms with E-state index in [2.05, 4.69) is 4.98 Å². The number of carbonyl (C=O) groups is 2. The van der Waals surface area contributed by atoms with Gasteiger partial charge in [-0.2, -0.15) is 0 Å². The number of hydrogen-bond acceptors (Lipinski definition) is 8. The summed E-state index contributed by atoms with van der Waals surface area (Å²) in [6.07, 6.45) is 0.112. The van der Waals surface area contributed by atoms with Gasteiger partial charge in [0.2, 0.25) is 5.01 Å². The van der Waals surface area contributed by atoms with Crippen LogP contribution in [0.3, 0.4) is 0 Å². The molecule has 0 unspecified atom stereocenters. The van der Waals surface area contributed by atoms with Crippen LogP contribution < -0.4 is 9.47 Å². The number of carbonyl (C=O) groups excluding carboxylic acids is 2. The molecule has 8 heteroatoms. The maximum absolute atomic E-state index is 11.7. The third-order valence-corrected chi connectivity index (χ3v) is 3.89. The molecule has 0 saturated heterocycles. The highest BCUT2D eigenvalue weighted by Crippen LogP contribution is 2.17. The summed E-state index contributed by atoms with van der Waals surface area (Å²) < 4.78 is 20.5. The molecule has 0 bridgehead atoms. The highest BCUT2D eigenvalue weighted by molar-refractivity contribution is 7.11. The third kappa shape index (κ3) is 6.07. The first-order valence-electron chi connectivity index (χ1n) is 7.66. The van der Waals surface area contributed by atoms with Crippen molar-refractivity contribution >= 4 is 23.3 Å². The lowest BCUT2D eigenvalue weighted by molar-refractivity contribution is -0.145. The van der Waals surface area contributed by atoms with Crippen molar-refractivity contribution in [2.24, 2.45) is 0 Å². The number of aromatic nitrogens is 1. The minimum absolute atomic E-state index is 0.0112. The van der Waals surface area contributed by atoms with Gasteiger partial charge in [0.15, 0.2) is 0 Å². The van der Waals surface area contributed by atoms with Crippen LogP contribution in [0.25, 0.3) is 0 Å². The number of esters is 2. The van der Waals surface area contributed by atoms with Gasteiger partial charge in [-0.1, -0.05) is 0 Å². The second-order valence-corrected chi connectivity index (χ2v) is 5.66. The zero-order valence-corrected chi connectivity index (χ0v) is 14.8. The molecule has 1 aromatic heterocycles. The van der Waals surface area contributed by atoms with Gasteiger partial charge in [0, 0.05) is 5.38 Å². The monoisotopic (exact) mass is 365 g/mol. The Morgan fingerprint density at radius 3 is 2.52 bits per heavy atom. The van der Waals surface area contributed by atoms with Crippen LogP contribution in [0, 0.1) is 0 Å². The summed E-state index contributed by atoms with van der Waals surface area (Å²) in [6.45, 7) is 2.23. The maximum atomic E-state index is 11.7. The second-order valence-electron chi connectivity index (χ2n) is 4.80. The molecule has 0 aliphatic carbocycles. The van der Waals surface area contributed by atoms with Gasteiger partial charge in [-0.3, -0.25) is 4.79 Å². The first-order chi connectivity index (χ1) is 12.1. The maximum Gasteiger partial charge on any atom is 0.367 e. The van der Waals surface area contributed by atoms with Crippen molar-refractivity contribution in [1.82, 2.24) is 4.98 Å². The predicted octanol–water partition coefficient (Wildman–Crippen LogP) is 2.84. The Morgan fingerprint density at radius 1 is 1.12 bits per heavy atom. The zero-order valence-electron chi connectivity index (χ0n) is 14.0. The van der Waals surface area contributed by atoms with Crippen LogP contribution >= 0.6 is 11.3 Å². The molecule has 1 aromatic carbocycles. The number of hydrogen-bond donors (Lipinski definition) is 0. The SMILES string of the molecule is CCOC(=O)c1nc(COC(=O)CCOc2ccc(OC)cc2)cs1. The molecule has 0 radical (unpaired) electrons. The summed E-state index contributed by atoms with van der Waals surface area (Å²) in [7, 11) is 1.59. The molecule has 1 heterocycles. The van der Waals surface area contributed by atoms with Gasteiger partial charge in [0.1, 0.15) is 18.1 Å². The molecule has 0 N–H and O–H groups in total. The van der Waals surface area contributed by atoms with Crippen molar-refractivity contribution in [2.75, 3.05) is 20.3 Å². The summed E-state index contributed by atoms with van der Waals surface area (Å²) in [6, 6.07) is 7.07. The zero-order chi connectivity index (χ0) is 18.1. The third-order valence-electron chi connectivity index (χ3n) is 3.02. The highest BCUT2D eigenvalue weighted by atomic mass is 32.1. The normalized spacial score (nSPS) is 10.2. The van der Waals surface area contributed by atoms with E-state index in [9.17, 15) is 9.59 Å². The molecular weight excluding hydrogens is 346 g/mol. The van der Waals surface area contributed by atoms with Crippen LogP contribution in [0.4, 0.5) is 0 Å². The van der Waals surface area contributed by atoms with E-state index < -0.39 is 11.9 Å². The van der Waals surface area contributed by atoms with E-state index in [-0.39, 0.29) is 31.2 Å². The molecule has 0 amide bonds. The van der Waals surface area contributed by atoms with E-state index in [1.807, 2.05) is 0 Å². The fraction of sp³-hybridized carbons (Fsp3) is 0.353. The van der Waals surface area contributed by atoms with Crippen LogP contribution in [-0.4, -0.2) is 37.2 Å². The van der Waals surface area contributed by atoms with Crippen molar-refractivity contribution in [1.29, 1.82) is 0 Å². The van der Waals surface area contributed by atoms with Gasteiger partial charge < -0.3 is 18.9 Å². The van der Waals surface area contributed by atoms with Crippen molar-refractivity contribution in [3.05, 3.63) is 40.3 Å². The number of methoxy groups -OCH3 is 1. The summed E-state index contributed by atoms with van der Waals surface area (Å²) in [5.74, 6) is 0.501. The first kappa shape index (κ1) is 18.7. The van der Waals surface area contributed by atoms with Crippen molar-refractivity contribution in [3.8, 4) is 11.5 Å². The lowest BCUT2D eigenvalue weighted by atomic mass is 10.3. The fourth-order valence-corrected chi connectivity index (χ4v) is 2.50. The Bertz CT molecular complexity index is 697. The number of nitrogens with zero attached hydrogens (tertiary/aromatic N) is 1. The second kappa shape index (κ2) is 9.63. The van der Waals surface area contributed by atoms with Crippen molar-refractivity contribution < 1.29 is 28.5 Å². The van der Waals surface area contributed by atoms with Crippen LogP contribution in [0.5, 0.6) is 11.5 Å². The number of thiazole rings is 1. The lowest BCUT2D eigenvalue weighted by Crippen LogP contribution is -2.10. The van der Waals surface area contributed by atoms with E-state index in [1.54, 1.807) is 43.7 Å². The molecule has 25 heavy (non-hydrogen) atoms. The Labute approximate surface area is 149 Å². The van der Waals surface area contributed by atoms with Crippen LogP contribution in [0.15, 0.2) is 29.6 Å². The molecule has 2 aromatic rings. The van der Waals surface area contributed by atoms with Crippen molar-refractivity contribution in [3.63, 3.8) is 0 Å². The molecule has 0 atom stereocenters. The van der Waals surface area contributed by atoms with Gasteiger partial charge in [0.25, 0.3) is 0 Å². The van der Waals surface area contributed by atoms with Gasteiger partial charge in [-0.25, -0.2) is 9.78 Å². The van der Waals surface area contributed by atoms with Crippen LogP contribution in [0.1, 0.15) is 28.8 Å². The molecule has 0 aliphatic heterocycles. The Kier molecular flexibility index (Phi) is 7.21. The quantitative estimate of drug-likeness (QED) is 0.632. The number of benzene rings is 1. The Morgan fingerprint density at radius 2 is 1.84 bits per heavy atom. The summed E-state index contributed by atoms with van der Waals surface area (Å²) in [5, 5.41) is 1.91. The topological polar surface area (TPSA) is 84.0 Å². The van der Waals surface area contributed by atoms with Crippen molar-refractivity contribution in [2.45, 2.75) is 20.0 Å². The van der Waals surface area contributed by atoms with E-state index in [4.69, 9.17) is 18.9 Å². The van der Waals surface area contributed by atoms with E-state index in [0.29, 0.717) is 11.4 Å². The van der Waals surface area contributed by atoms with E-state index >= 15 is 0 Å². The standard InChI is InChI=1S/C17H19NO6S/c1-3-22-17(20)16-18-12(11-25-16)10-24-15(19)8-9-23-14-6-4-13(21-2)5-7-14/h4-7,11H,3,8-10H2,1-2H3. The van der Waals surface area contributed by atoms with E-state index in [0.717, 1.165) is 17.1 Å². The molecule has 7 nitrogen and oxygen atoms in total. The van der Waals surface area contributed by atoms with E-state index in [1.165, 1.54) is 0 Å². The highest BCUT2D eigenvalue weighted by Gasteiger charge is 2.13. The molecule has 134 valence electrons. The summed E-state index contributed by atoms with van der Waals surface area (Å²) in [4.78, 5) is 27.3. The lowest BCUT2D eigenvalue weighted by Gasteiger charge is -2.07. The first-order valence-corrected chi connectivity index (χ1v) is 8.54. The summed E-state index contributed by atoms with van der Waals surface area (Å²) in [5.41, 5.74) is 0.512. The van der Waals surface area contributed by atoms with Gasteiger partial charge in [-0.05, 0) is 31.2 Å². The predicted molar refractivity (Wildman–Crippen MR) is 91.0 cm³/mol. The van der Waals surface area contributed by atoms with Crippen LogP contribution in [0.2, 0.25) is 0 Å². The van der Waals surface area contributed by atoms with Crippen LogP contribution in [-0.2, 0) is 20.9 Å². The molecule has 0 saturated carbocycles. The fourth-order valence-electron chi connectivity index (χ4n) is 1.81. The summed E-state index contributed by atoms with van der Waals surface area (Å²) >= 11 is 1.16. The molecule has 0 aliphatic rings. The molecule has 0 fully saturated rings. The minimum Gasteiger partial charge on any atom is -0.497 e. The van der Waals surface area contributed by atoms with Gasteiger partial charge in [0.05, 0.1) is 32.4 Å². The van der Waals surface area contributed by atoms with Gasteiger partial charge in [-0.15, -0.1) is 11.3 Å².